The molecule has 2 heterocycles. The summed E-state index contributed by atoms with van der Waals surface area (Å²) in [6.45, 7) is 8.61. The molecule has 2 aromatic heterocycles. The second kappa shape index (κ2) is 5.03. The molecule has 0 spiro atoms. The molecule has 2 N–H and O–H groups in total. The van der Waals surface area contributed by atoms with Gasteiger partial charge in [-0.05, 0) is 12.3 Å². The molecule has 2 aromatic rings. The first-order valence-corrected chi connectivity index (χ1v) is 6.38. The van der Waals surface area contributed by atoms with Crippen LogP contribution >= 0.6 is 0 Å². The van der Waals surface area contributed by atoms with Crippen molar-refractivity contribution < 1.29 is 0 Å². The molecule has 0 saturated carbocycles. The Bertz CT molecular complexity index is 572. The minimum absolute atomic E-state index is 0.0869. The average molecular weight is 276 g/mol. The lowest BCUT2D eigenvalue weighted by Crippen LogP contribution is -2.40. The number of nitrogens with zero attached hydrogens (tertiary/aromatic N) is 7. The Morgan fingerprint density at radius 3 is 2.50 bits per heavy atom. The van der Waals surface area contributed by atoms with Crippen LogP contribution in [0.5, 0.6) is 0 Å². The number of anilines is 2. The van der Waals surface area contributed by atoms with Gasteiger partial charge >= 0.3 is 0 Å². The van der Waals surface area contributed by atoms with E-state index in [0.717, 1.165) is 0 Å². The Balaban J connectivity index is 2.38. The van der Waals surface area contributed by atoms with E-state index in [0.29, 0.717) is 11.9 Å². The van der Waals surface area contributed by atoms with Crippen molar-refractivity contribution in [1.82, 2.24) is 29.7 Å². The van der Waals surface area contributed by atoms with Crippen molar-refractivity contribution in [2.24, 2.45) is 5.41 Å². The van der Waals surface area contributed by atoms with E-state index >= 15 is 0 Å². The van der Waals surface area contributed by atoms with Gasteiger partial charge in [-0.3, -0.25) is 0 Å². The highest BCUT2D eigenvalue weighted by molar-refractivity contribution is 5.38. The fraction of sp³-hybridized carbons (Fsp3) is 0.583. The molecule has 0 aliphatic rings. The molecular weight excluding hydrogens is 256 g/mol. The quantitative estimate of drug-likeness (QED) is 0.889. The van der Waals surface area contributed by atoms with Crippen LogP contribution in [0.25, 0.3) is 5.95 Å². The second-order valence-electron chi connectivity index (χ2n) is 5.79. The third-order valence-corrected chi connectivity index (χ3v) is 3.40. The van der Waals surface area contributed by atoms with Crippen molar-refractivity contribution in [3.63, 3.8) is 0 Å². The van der Waals surface area contributed by atoms with Crippen LogP contribution in [0, 0.1) is 5.41 Å². The SMILES string of the molecule is CC(N(C)c1nc(N)nc(-n2cncn2)n1)C(C)(C)C. The van der Waals surface area contributed by atoms with Gasteiger partial charge in [-0.15, -0.1) is 0 Å². The summed E-state index contributed by atoms with van der Waals surface area (Å²) in [7, 11) is 1.94. The molecule has 0 aliphatic heterocycles. The maximum absolute atomic E-state index is 5.76. The fourth-order valence-corrected chi connectivity index (χ4v) is 1.70. The Morgan fingerprint density at radius 1 is 1.25 bits per heavy atom. The van der Waals surface area contributed by atoms with Crippen molar-refractivity contribution in [3.8, 4) is 5.95 Å². The minimum atomic E-state index is 0.0869. The van der Waals surface area contributed by atoms with Crippen LogP contribution in [-0.2, 0) is 0 Å². The number of nitrogen functional groups attached to an aromatic ring is 1. The van der Waals surface area contributed by atoms with Crippen LogP contribution in [0.15, 0.2) is 12.7 Å². The smallest absolute Gasteiger partial charge is 0.258 e. The topological polar surface area (TPSA) is 98.6 Å². The molecule has 8 nitrogen and oxygen atoms in total. The molecule has 0 amide bonds. The van der Waals surface area contributed by atoms with E-state index in [1.165, 1.54) is 17.3 Å². The van der Waals surface area contributed by atoms with Gasteiger partial charge in [0.1, 0.15) is 12.7 Å². The van der Waals surface area contributed by atoms with Crippen LogP contribution in [0.1, 0.15) is 27.7 Å². The monoisotopic (exact) mass is 276 g/mol. The summed E-state index contributed by atoms with van der Waals surface area (Å²) in [5, 5.41) is 4.00. The highest BCUT2D eigenvalue weighted by Crippen LogP contribution is 2.25. The van der Waals surface area contributed by atoms with Gasteiger partial charge in [-0.25, -0.2) is 4.98 Å². The third-order valence-electron chi connectivity index (χ3n) is 3.40. The minimum Gasteiger partial charge on any atom is -0.368 e. The molecule has 0 radical (unpaired) electrons. The van der Waals surface area contributed by atoms with Crippen LogP contribution in [-0.4, -0.2) is 42.8 Å². The van der Waals surface area contributed by atoms with Gasteiger partial charge in [-0.2, -0.15) is 24.7 Å². The highest BCUT2D eigenvalue weighted by Gasteiger charge is 2.26. The van der Waals surface area contributed by atoms with Crippen molar-refractivity contribution in [3.05, 3.63) is 12.7 Å². The van der Waals surface area contributed by atoms with Crippen LogP contribution in [0.3, 0.4) is 0 Å². The first-order chi connectivity index (χ1) is 9.29. The lowest BCUT2D eigenvalue weighted by atomic mass is 9.87. The van der Waals surface area contributed by atoms with Crippen molar-refractivity contribution in [2.75, 3.05) is 17.7 Å². The average Bonchev–Trinajstić information content (AvgIpc) is 2.89. The largest absolute Gasteiger partial charge is 0.368 e. The van der Waals surface area contributed by atoms with E-state index in [9.17, 15) is 0 Å². The molecule has 0 bridgehead atoms. The standard InChI is InChI=1S/C12H20N8/c1-8(12(2,3)4)19(5)10-16-9(13)17-11(18-10)20-7-14-6-15-20/h6-8H,1-5H3,(H2,13,16,17,18). The number of rotatable bonds is 3. The lowest BCUT2D eigenvalue weighted by molar-refractivity contribution is 0.327. The van der Waals surface area contributed by atoms with E-state index in [-0.39, 0.29) is 17.4 Å². The van der Waals surface area contributed by atoms with Gasteiger partial charge in [0.2, 0.25) is 11.9 Å². The zero-order valence-electron chi connectivity index (χ0n) is 12.4. The third kappa shape index (κ3) is 2.84. The van der Waals surface area contributed by atoms with Gasteiger partial charge in [0.25, 0.3) is 5.95 Å². The van der Waals surface area contributed by atoms with Crippen molar-refractivity contribution >= 4 is 11.9 Å². The number of hydrogen-bond acceptors (Lipinski definition) is 7. The molecule has 20 heavy (non-hydrogen) atoms. The maximum Gasteiger partial charge on any atom is 0.258 e. The summed E-state index contributed by atoms with van der Waals surface area (Å²) < 4.78 is 1.46. The molecule has 0 saturated heterocycles. The van der Waals surface area contributed by atoms with Crippen LogP contribution in [0.2, 0.25) is 0 Å². The summed E-state index contributed by atoms with van der Waals surface area (Å²) in [5.41, 5.74) is 5.85. The number of nitrogens with two attached hydrogens (primary N) is 1. The van der Waals surface area contributed by atoms with Crippen molar-refractivity contribution in [1.29, 1.82) is 0 Å². The van der Waals surface area contributed by atoms with E-state index in [2.05, 4.69) is 52.7 Å². The van der Waals surface area contributed by atoms with Gasteiger partial charge in [0, 0.05) is 13.1 Å². The Kier molecular flexibility index (Phi) is 3.56. The van der Waals surface area contributed by atoms with Gasteiger partial charge in [0.05, 0.1) is 0 Å². The molecule has 1 atom stereocenters. The fourth-order valence-electron chi connectivity index (χ4n) is 1.70. The summed E-state index contributed by atoms with van der Waals surface area (Å²) >= 11 is 0. The predicted octanol–water partition coefficient (Wildman–Crippen LogP) is 0.905. The van der Waals surface area contributed by atoms with E-state index in [4.69, 9.17) is 5.73 Å². The molecule has 108 valence electrons. The van der Waals surface area contributed by atoms with E-state index in [1.54, 1.807) is 0 Å². The van der Waals surface area contributed by atoms with E-state index < -0.39 is 0 Å². The normalized spacial score (nSPS) is 13.2. The van der Waals surface area contributed by atoms with Crippen molar-refractivity contribution in [2.45, 2.75) is 33.7 Å². The molecular formula is C12H20N8. The molecule has 2 rings (SSSR count). The number of hydrogen-bond donors (Lipinski definition) is 1. The zero-order valence-corrected chi connectivity index (χ0v) is 12.4. The summed E-state index contributed by atoms with van der Waals surface area (Å²) in [5.74, 6) is 1.04. The Labute approximate surface area is 118 Å². The summed E-state index contributed by atoms with van der Waals surface area (Å²) in [6.07, 6.45) is 2.94. The van der Waals surface area contributed by atoms with Gasteiger partial charge in [-0.1, -0.05) is 20.8 Å². The number of aromatic nitrogens is 6. The molecule has 1 unspecified atom stereocenters. The molecule has 0 fully saturated rings. The maximum atomic E-state index is 5.76. The zero-order chi connectivity index (χ0) is 14.9. The highest BCUT2D eigenvalue weighted by atomic mass is 15.4. The first-order valence-electron chi connectivity index (χ1n) is 6.38. The predicted molar refractivity (Wildman–Crippen MR) is 76.5 cm³/mol. The summed E-state index contributed by atoms with van der Waals surface area (Å²) in [4.78, 5) is 18.5. The van der Waals surface area contributed by atoms with E-state index in [1.807, 2.05) is 11.9 Å². The summed E-state index contributed by atoms with van der Waals surface area (Å²) in [6, 6.07) is 0.230. The second-order valence-corrected chi connectivity index (χ2v) is 5.79. The van der Waals surface area contributed by atoms with Crippen LogP contribution in [0.4, 0.5) is 11.9 Å². The Morgan fingerprint density at radius 2 is 1.95 bits per heavy atom. The lowest BCUT2D eigenvalue weighted by Gasteiger charge is -2.35. The van der Waals surface area contributed by atoms with Crippen LogP contribution < -0.4 is 10.6 Å². The molecule has 0 aromatic carbocycles. The van der Waals surface area contributed by atoms with Gasteiger partial charge in [0.15, 0.2) is 0 Å². The molecule has 0 aliphatic carbocycles. The van der Waals surface area contributed by atoms with Gasteiger partial charge < -0.3 is 10.6 Å². The molecule has 8 heteroatoms. The first kappa shape index (κ1) is 14.2. The Hall–Kier alpha value is -2.25.